The van der Waals surface area contributed by atoms with Crippen molar-refractivity contribution in [1.29, 1.82) is 0 Å². The first-order valence-electron chi connectivity index (χ1n) is 9.48. The van der Waals surface area contributed by atoms with E-state index in [1.54, 1.807) is 0 Å². The summed E-state index contributed by atoms with van der Waals surface area (Å²) in [6, 6.07) is 10.1. The van der Waals surface area contributed by atoms with Crippen molar-refractivity contribution in [3.8, 4) is 5.75 Å². The lowest BCUT2D eigenvalue weighted by molar-refractivity contribution is 0.129. The molecule has 0 bridgehead atoms. The molecule has 0 aliphatic carbocycles. The number of aliphatic imine (C=N–C) groups is 1. The smallest absolute Gasteiger partial charge is 0.193 e. The van der Waals surface area contributed by atoms with Crippen LogP contribution in [0, 0.1) is 0 Å². The number of nitrogens with zero attached hydrogens (tertiary/aromatic N) is 2. The predicted octanol–water partition coefficient (Wildman–Crippen LogP) is 2.88. The molecular formula is C20H34N4O. The van der Waals surface area contributed by atoms with E-state index in [0.717, 1.165) is 57.3 Å². The van der Waals surface area contributed by atoms with Crippen LogP contribution in [0.25, 0.3) is 0 Å². The molecule has 5 heteroatoms. The quantitative estimate of drug-likeness (QED) is 0.472. The number of hydrogen-bond donors (Lipinski definition) is 2. The van der Waals surface area contributed by atoms with Crippen molar-refractivity contribution >= 4 is 5.96 Å². The highest BCUT2D eigenvalue weighted by Gasteiger charge is 2.22. The van der Waals surface area contributed by atoms with Crippen LogP contribution in [0.15, 0.2) is 35.3 Å². The molecule has 1 aromatic carbocycles. The lowest BCUT2D eigenvalue weighted by atomic mass is 10.1. The van der Waals surface area contributed by atoms with Gasteiger partial charge in [-0.2, -0.15) is 0 Å². The van der Waals surface area contributed by atoms with Gasteiger partial charge in [0, 0.05) is 44.6 Å². The second-order valence-corrected chi connectivity index (χ2v) is 7.53. The fraction of sp³-hybridized carbons (Fsp3) is 0.650. The third-order valence-corrected chi connectivity index (χ3v) is 4.15. The van der Waals surface area contributed by atoms with Gasteiger partial charge in [-0.25, -0.2) is 0 Å². The largest absolute Gasteiger partial charge is 0.490 e. The summed E-state index contributed by atoms with van der Waals surface area (Å²) >= 11 is 0. The number of para-hydroxylation sites is 1. The Morgan fingerprint density at radius 1 is 1.20 bits per heavy atom. The van der Waals surface area contributed by atoms with Crippen LogP contribution < -0.4 is 15.4 Å². The molecular weight excluding hydrogens is 312 g/mol. The van der Waals surface area contributed by atoms with E-state index < -0.39 is 0 Å². The topological polar surface area (TPSA) is 48.9 Å². The molecule has 0 atom stereocenters. The first-order valence-corrected chi connectivity index (χ1v) is 9.48. The molecule has 5 nitrogen and oxygen atoms in total. The molecule has 1 fully saturated rings. The van der Waals surface area contributed by atoms with E-state index in [-0.39, 0.29) is 5.54 Å². The number of guanidine groups is 1. The molecule has 1 aliphatic heterocycles. The molecule has 25 heavy (non-hydrogen) atoms. The van der Waals surface area contributed by atoms with Crippen molar-refractivity contribution in [2.24, 2.45) is 4.99 Å². The highest BCUT2D eigenvalue weighted by molar-refractivity contribution is 5.80. The number of likely N-dealkylation sites (tertiary alicyclic amines) is 1. The van der Waals surface area contributed by atoms with Crippen LogP contribution in [0.3, 0.4) is 0 Å². The Morgan fingerprint density at radius 3 is 2.48 bits per heavy atom. The van der Waals surface area contributed by atoms with Crippen LogP contribution >= 0.6 is 0 Å². The Labute approximate surface area is 152 Å². The molecule has 0 radical (unpaired) electrons. The molecule has 2 N–H and O–H groups in total. The van der Waals surface area contributed by atoms with E-state index in [4.69, 9.17) is 9.73 Å². The van der Waals surface area contributed by atoms with Crippen molar-refractivity contribution in [2.45, 2.75) is 52.2 Å². The van der Waals surface area contributed by atoms with Crippen LogP contribution in [-0.2, 0) is 0 Å². The van der Waals surface area contributed by atoms with Gasteiger partial charge in [0.25, 0.3) is 0 Å². The molecule has 1 saturated heterocycles. The number of benzene rings is 1. The molecule has 1 aromatic rings. The van der Waals surface area contributed by atoms with Gasteiger partial charge in [0.05, 0.1) is 6.54 Å². The summed E-state index contributed by atoms with van der Waals surface area (Å²) in [7, 11) is 0. The van der Waals surface area contributed by atoms with Gasteiger partial charge in [-0.15, -0.1) is 0 Å². The molecule has 0 spiro atoms. The van der Waals surface area contributed by atoms with E-state index in [1.165, 1.54) is 0 Å². The summed E-state index contributed by atoms with van der Waals surface area (Å²) in [6.45, 7) is 13.2. The van der Waals surface area contributed by atoms with Gasteiger partial charge in [0.15, 0.2) is 5.96 Å². The van der Waals surface area contributed by atoms with Crippen molar-refractivity contribution in [1.82, 2.24) is 15.5 Å². The first-order chi connectivity index (χ1) is 12.0. The fourth-order valence-corrected chi connectivity index (χ4v) is 2.90. The van der Waals surface area contributed by atoms with Gasteiger partial charge in [-0.05, 0) is 39.8 Å². The van der Waals surface area contributed by atoms with E-state index >= 15 is 0 Å². The average molecular weight is 347 g/mol. The number of ether oxygens (including phenoxy) is 1. The van der Waals surface area contributed by atoms with Gasteiger partial charge in [0.1, 0.15) is 11.9 Å². The maximum absolute atomic E-state index is 6.08. The third kappa shape index (κ3) is 7.34. The first kappa shape index (κ1) is 19.6. The summed E-state index contributed by atoms with van der Waals surface area (Å²) in [4.78, 5) is 7.13. The van der Waals surface area contributed by atoms with E-state index in [9.17, 15) is 0 Å². The summed E-state index contributed by atoms with van der Waals surface area (Å²) in [5.41, 5.74) is 0.140. The number of rotatable bonds is 6. The lowest BCUT2D eigenvalue weighted by Gasteiger charge is -2.34. The Balaban J connectivity index is 1.80. The molecule has 0 amide bonds. The zero-order chi connectivity index (χ0) is 18.1. The number of nitrogens with one attached hydrogen (secondary N) is 2. The zero-order valence-corrected chi connectivity index (χ0v) is 16.2. The van der Waals surface area contributed by atoms with Gasteiger partial charge in [0.2, 0.25) is 0 Å². The summed E-state index contributed by atoms with van der Waals surface area (Å²) in [5, 5.41) is 6.91. The second kappa shape index (κ2) is 9.66. The molecule has 1 heterocycles. The van der Waals surface area contributed by atoms with Crippen LogP contribution in [-0.4, -0.2) is 55.2 Å². The molecule has 1 aliphatic rings. The summed E-state index contributed by atoms with van der Waals surface area (Å²) in [5.74, 6) is 1.99. The number of hydrogen-bond acceptors (Lipinski definition) is 3. The van der Waals surface area contributed by atoms with Gasteiger partial charge in [-0.1, -0.05) is 18.2 Å². The summed E-state index contributed by atoms with van der Waals surface area (Å²) in [6.07, 6.45) is 2.35. The predicted molar refractivity (Wildman–Crippen MR) is 105 cm³/mol. The summed E-state index contributed by atoms with van der Waals surface area (Å²) < 4.78 is 6.08. The molecule has 0 unspecified atom stereocenters. The average Bonchev–Trinajstić information content (AvgIpc) is 2.58. The Hall–Kier alpha value is -1.75. The molecule has 2 rings (SSSR count). The SMILES string of the molecule is CCNC(=NCCNC(C)(C)C)N1CCC(Oc2ccccc2)CC1. The second-order valence-electron chi connectivity index (χ2n) is 7.53. The standard InChI is InChI=1S/C20H34N4O/c1-5-21-19(22-13-14-23-20(2,3)4)24-15-11-18(12-16-24)25-17-9-7-6-8-10-17/h6-10,18,23H,5,11-16H2,1-4H3,(H,21,22). The molecule has 0 saturated carbocycles. The van der Waals surface area contributed by atoms with Crippen molar-refractivity contribution in [2.75, 3.05) is 32.7 Å². The Morgan fingerprint density at radius 2 is 1.88 bits per heavy atom. The van der Waals surface area contributed by atoms with Crippen LogP contribution in [0.1, 0.15) is 40.5 Å². The van der Waals surface area contributed by atoms with E-state index in [2.05, 4.69) is 43.2 Å². The van der Waals surface area contributed by atoms with Crippen LogP contribution in [0.5, 0.6) is 5.75 Å². The minimum atomic E-state index is 0.140. The van der Waals surface area contributed by atoms with Gasteiger partial charge < -0.3 is 20.3 Å². The maximum atomic E-state index is 6.08. The minimum Gasteiger partial charge on any atom is -0.490 e. The lowest BCUT2D eigenvalue weighted by Crippen LogP contribution is -2.48. The minimum absolute atomic E-state index is 0.140. The van der Waals surface area contributed by atoms with Crippen LogP contribution in [0.4, 0.5) is 0 Å². The van der Waals surface area contributed by atoms with E-state index in [0.29, 0.717) is 6.10 Å². The monoisotopic (exact) mass is 346 g/mol. The van der Waals surface area contributed by atoms with Crippen molar-refractivity contribution in [3.05, 3.63) is 30.3 Å². The Kier molecular flexibility index (Phi) is 7.56. The van der Waals surface area contributed by atoms with Gasteiger partial charge >= 0.3 is 0 Å². The molecule has 140 valence electrons. The normalized spacial score (nSPS) is 16.8. The van der Waals surface area contributed by atoms with Crippen molar-refractivity contribution in [3.63, 3.8) is 0 Å². The van der Waals surface area contributed by atoms with Crippen molar-refractivity contribution < 1.29 is 4.74 Å². The van der Waals surface area contributed by atoms with E-state index in [1.807, 2.05) is 30.3 Å². The Bertz CT molecular complexity index is 516. The molecule has 0 aromatic heterocycles. The van der Waals surface area contributed by atoms with Crippen LogP contribution in [0.2, 0.25) is 0 Å². The number of piperidine rings is 1. The highest BCUT2D eigenvalue weighted by atomic mass is 16.5. The fourth-order valence-electron chi connectivity index (χ4n) is 2.90. The maximum Gasteiger partial charge on any atom is 0.193 e. The zero-order valence-electron chi connectivity index (χ0n) is 16.2. The van der Waals surface area contributed by atoms with Gasteiger partial charge in [-0.3, -0.25) is 4.99 Å². The highest BCUT2D eigenvalue weighted by Crippen LogP contribution is 2.18. The third-order valence-electron chi connectivity index (χ3n) is 4.15.